The first-order chi connectivity index (χ1) is 47.1. The van der Waals surface area contributed by atoms with Crippen molar-refractivity contribution in [2.75, 3.05) is 9.80 Å². The lowest BCUT2D eigenvalue weighted by Gasteiger charge is -2.44. The van der Waals surface area contributed by atoms with Gasteiger partial charge in [0.05, 0.1) is 28.1 Å². The summed E-state index contributed by atoms with van der Waals surface area (Å²) in [6.45, 7) is 0.0768. The summed E-state index contributed by atoms with van der Waals surface area (Å²) in [5.74, 6) is 2.27. The van der Waals surface area contributed by atoms with Crippen LogP contribution in [0.5, 0.6) is 0 Å². The van der Waals surface area contributed by atoms with Gasteiger partial charge in [0.25, 0.3) is 6.71 Å². The molecule has 2 aliphatic rings. The van der Waals surface area contributed by atoms with Gasteiger partial charge in [-0.2, -0.15) is 0 Å². The van der Waals surface area contributed by atoms with Gasteiger partial charge in [-0.1, -0.05) is 231 Å². The van der Waals surface area contributed by atoms with E-state index in [2.05, 4.69) is 269 Å². The third-order valence-electron chi connectivity index (χ3n) is 18.9. The number of thiophene rings is 1. The van der Waals surface area contributed by atoms with Crippen molar-refractivity contribution in [2.24, 2.45) is 0 Å². The fourth-order valence-electron chi connectivity index (χ4n) is 14.6. The van der Waals surface area contributed by atoms with Crippen molar-refractivity contribution >= 4 is 111 Å². The first-order valence-corrected chi connectivity index (χ1v) is 32.9. The second kappa shape index (κ2) is 22.2. The van der Waals surface area contributed by atoms with E-state index in [9.17, 15) is 0 Å². The Morgan fingerprint density at radius 3 is 1.39 bits per heavy atom. The molecule has 2 aliphatic heterocycles. The number of anilines is 6. The van der Waals surface area contributed by atoms with Gasteiger partial charge in [-0.3, -0.25) is 0 Å². The summed E-state index contributed by atoms with van der Waals surface area (Å²) < 4.78 is 4.92. The van der Waals surface area contributed by atoms with Gasteiger partial charge >= 0.3 is 0 Å². The van der Waals surface area contributed by atoms with Gasteiger partial charge in [0.1, 0.15) is 0 Å². The quantitative estimate of drug-likeness (QED) is 0.126. The molecule has 0 aliphatic carbocycles. The Labute approximate surface area is 552 Å². The number of fused-ring (bicyclic) bond motifs is 11. The maximum absolute atomic E-state index is 5.65. The van der Waals surface area contributed by atoms with Crippen LogP contribution >= 0.6 is 11.3 Å². The minimum absolute atomic E-state index is 0.0768. The second-order valence-electron chi connectivity index (χ2n) is 24.3. The van der Waals surface area contributed by atoms with Gasteiger partial charge < -0.3 is 14.4 Å². The van der Waals surface area contributed by atoms with Crippen molar-refractivity contribution in [3.63, 3.8) is 0 Å². The van der Waals surface area contributed by atoms with E-state index in [1.807, 2.05) is 78.1 Å². The molecule has 19 rings (SSSR count). The Kier molecular flexibility index (Phi) is 12.7. The molecule has 8 nitrogen and oxygen atoms in total. The molecule has 0 bridgehead atoms. The molecule has 0 N–H and O–H groups in total. The Morgan fingerprint density at radius 2 is 0.758 bits per heavy atom. The second-order valence-corrected chi connectivity index (χ2v) is 25.3. The van der Waals surface area contributed by atoms with Crippen LogP contribution in [0, 0.1) is 0 Å². The average Bonchev–Trinajstić information content (AvgIpc) is 1.54. The van der Waals surface area contributed by atoms with E-state index in [0.29, 0.717) is 23.3 Å². The third kappa shape index (κ3) is 9.02. The van der Waals surface area contributed by atoms with Crippen molar-refractivity contribution in [2.45, 2.75) is 0 Å². The van der Waals surface area contributed by atoms with Crippen LogP contribution in [-0.2, 0) is 0 Å². The highest BCUT2D eigenvalue weighted by Crippen LogP contribution is 2.47. The third-order valence-corrected chi connectivity index (χ3v) is 20.1. The van der Waals surface area contributed by atoms with E-state index in [4.69, 9.17) is 24.9 Å². The Balaban J connectivity index is 0.748. The Morgan fingerprint density at radius 1 is 0.284 bits per heavy atom. The SMILES string of the molecule is c1ccc(-c2cc(-c3ccc(-c4ccc(N5c6ccccc6B6c7ccccc7N(c7ccccc7)c7cccc5c76)cc4)cc3)nc(-c3cc(-c4nc(-c5ccccc5)nc(-c5ccccc5)n4)ccc3-n3c4ccccc4c4c5sc6ccccc6c5ccc43)n2)cc1. The summed E-state index contributed by atoms with van der Waals surface area (Å²) in [6.07, 6.45) is 0. The maximum atomic E-state index is 5.65. The first-order valence-electron chi connectivity index (χ1n) is 32.1. The zero-order valence-electron chi connectivity index (χ0n) is 51.2. The molecule has 0 saturated heterocycles. The van der Waals surface area contributed by atoms with Crippen LogP contribution in [0.25, 0.3) is 127 Å². The van der Waals surface area contributed by atoms with Gasteiger partial charge in [0.2, 0.25) is 0 Å². The summed E-state index contributed by atoms with van der Waals surface area (Å²) >= 11 is 1.85. The van der Waals surface area contributed by atoms with Crippen LogP contribution in [0.2, 0.25) is 0 Å². The average molecular weight is 1230 g/mol. The van der Waals surface area contributed by atoms with E-state index in [0.717, 1.165) is 84.0 Å². The minimum atomic E-state index is 0.0768. The fourth-order valence-corrected chi connectivity index (χ4v) is 15.8. The minimum Gasteiger partial charge on any atom is -0.311 e. The number of para-hydroxylation sites is 4. The number of benzene rings is 13. The lowest BCUT2D eigenvalue weighted by atomic mass is 9.33. The van der Waals surface area contributed by atoms with Gasteiger partial charge in [-0.15, -0.1) is 11.3 Å². The summed E-state index contributed by atoms with van der Waals surface area (Å²) in [7, 11) is 0. The summed E-state index contributed by atoms with van der Waals surface area (Å²) in [4.78, 5) is 31.7. The number of aromatic nitrogens is 6. The fraction of sp³-hybridized carbons (Fsp3) is 0. The molecule has 0 radical (unpaired) electrons. The van der Waals surface area contributed by atoms with E-state index in [1.165, 1.54) is 70.1 Å². The topological polar surface area (TPSA) is 75.9 Å². The molecular formula is C85H53BN8S. The van der Waals surface area contributed by atoms with Crippen molar-refractivity contribution in [3.05, 3.63) is 322 Å². The van der Waals surface area contributed by atoms with Gasteiger partial charge in [-0.25, -0.2) is 24.9 Å². The molecule has 17 aromatic rings. The smallest absolute Gasteiger partial charge is 0.252 e. The molecule has 0 fully saturated rings. The predicted octanol–water partition coefficient (Wildman–Crippen LogP) is 19.9. The summed E-state index contributed by atoms with van der Waals surface area (Å²) in [5, 5.41) is 4.91. The molecule has 95 heavy (non-hydrogen) atoms. The number of nitrogens with zero attached hydrogens (tertiary/aromatic N) is 8. The molecule has 0 spiro atoms. The van der Waals surface area contributed by atoms with Crippen LogP contribution in [0.4, 0.5) is 34.1 Å². The van der Waals surface area contributed by atoms with Gasteiger partial charge in [-0.05, 0) is 119 Å². The highest BCUT2D eigenvalue weighted by molar-refractivity contribution is 7.26. The molecule has 0 unspecified atom stereocenters. The van der Waals surface area contributed by atoms with Crippen LogP contribution in [0.3, 0.4) is 0 Å². The Hall–Kier alpha value is -12.4. The molecule has 0 atom stereocenters. The zero-order valence-corrected chi connectivity index (χ0v) is 52.0. The molecule has 4 aromatic heterocycles. The maximum Gasteiger partial charge on any atom is 0.252 e. The Bertz CT molecular complexity index is 5800. The normalized spacial score (nSPS) is 12.4. The monoisotopic (exact) mass is 1230 g/mol. The highest BCUT2D eigenvalue weighted by atomic mass is 32.1. The summed E-state index contributed by atoms with van der Waals surface area (Å²) in [6, 6.07) is 115. The standard InChI is InChI=1S/C85H53BN8S/c1-5-22-56(23-6-1)69-53-70(57-42-40-54(41-43-57)55-44-47-62(48-45-55)93-74-36-19-16-33-68(74)86-67-32-15-18-35-73(67)92(61-28-11-4-12-29-61)76-37-21-38-77(93)80(76)86)88-85(87-69)66-52-60(84-90-82(58-24-7-2-8-25-58)89-83(91-84)59-26-9-3-10-27-59)46-50-72(66)94-71-34-17-13-31-65(71)79-75(94)51-49-64-63-30-14-20-39-78(63)95-81(64)79/h1-53H. The molecule has 0 saturated carbocycles. The summed E-state index contributed by atoms with van der Waals surface area (Å²) in [5.41, 5.74) is 23.2. The number of hydrogen-bond acceptors (Lipinski definition) is 8. The number of rotatable bonds is 10. The van der Waals surface area contributed by atoms with Crippen molar-refractivity contribution in [1.29, 1.82) is 0 Å². The molecule has 13 aromatic carbocycles. The van der Waals surface area contributed by atoms with Gasteiger partial charge in [0.15, 0.2) is 23.3 Å². The van der Waals surface area contributed by atoms with Gasteiger partial charge in [0, 0.05) is 98.4 Å². The van der Waals surface area contributed by atoms with Crippen LogP contribution in [0.15, 0.2) is 322 Å². The van der Waals surface area contributed by atoms with E-state index >= 15 is 0 Å². The predicted molar refractivity (Wildman–Crippen MR) is 395 cm³/mol. The van der Waals surface area contributed by atoms with E-state index in [1.54, 1.807) is 0 Å². The molecular weight excluding hydrogens is 1180 g/mol. The lowest BCUT2D eigenvalue weighted by Crippen LogP contribution is -2.61. The van der Waals surface area contributed by atoms with Crippen LogP contribution in [0.1, 0.15) is 0 Å². The lowest BCUT2D eigenvalue weighted by molar-refractivity contribution is 1.07. The molecule has 442 valence electrons. The van der Waals surface area contributed by atoms with E-state index < -0.39 is 0 Å². The van der Waals surface area contributed by atoms with Crippen LogP contribution < -0.4 is 26.2 Å². The van der Waals surface area contributed by atoms with Crippen molar-refractivity contribution < 1.29 is 0 Å². The van der Waals surface area contributed by atoms with Crippen molar-refractivity contribution in [1.82, 2.24) is 29.5 Å². The zero-order chi connectivity index (χ0) is 62.5. The largest absolute Gasteiger partial charge is 0.311 e. The van der Waals surface area contributed by atoms with Crippen molar-refractivity contribution in [3.8, 4) is 84.9 Å². The van der Waals surface area contributed by atoms with E-state index in [-0.39, 0.29) is 6.71 Å². The first kappa shape index (κ1) is 54.4. The van der Waals surface area contributed by atoms with Crippen LogP contribution in [-0.4, -0.2) is 36.2 Å². The highest BCUT2D eigenvalue weighted by Gasteiger charge is 2.43. The molecule has 10 heteroatoms. The molecule has 0 amide bonds. The molecule has 6 heterocycles. The number of hydrogen-bond donors (Lipinski definition) is 0.